The largest absolute Gasteiger partial charge is 0.401 e. The molecule has 0 saturated heterocycles. The molecule has 5 heteroatoms. The Hall–Kier alpha value is -0.290. The summed E-state index contributed by atoms with van der Waals surface area (Å²) < 4.78 is 37.7. The molecule has 1 aliphatic rings. The van der Waals surface area contributed by atoms with Crippen LogP contribution in [0.4, 0.5) is 13.2 Å². The van der Waals surface area contributed by atoms with Crippen LogP contribution in [0, 0.1) is 5.92 Å². The number of nitrogens with zero attached hydrogens (tertiary/aromatic N) is 1. The zero-order valence-electron chi connectivity index (χ0n) is 12.8. The van der Waals surface area contributed by atoms with Gasteiger partial charge < -0.3 is 5.32 Å². The quantitative estimate of drug-likeness (QED) is 0.718. The van der Waals surface area contributed by atoms with E-state index in [1.807, 2.05) is 6.92 Å². The Kier molecular flexibility index (Phi) is 7.88. The van der Waals surface area contributed by atoms with Crippen LogP contribution in [0.25, 0.3) is 0 Å². The average molecular weight is 294 g/mol. The van der Waals surface area contributed by atoms with Crippen LogP contribution < -0.4 is 5.32 Å². The average Bonchev–Trinajstić information content (AvgIpc) is 2.59. The van der Waals surface area contributed by atoms with Gasteiger partial charge in [-0.15, -0.1) is 0 Å². The Bertz CT molecular complexity index is 256. The summed E-state index contributed by atoms with van der Waals surface area (Å²) in [5, 5.41) is 3.55. The van der Waals surface area contributed by atoms with Crippen molar-refractivity contribution in [1.29, 1.82) is 0 Å². The number of hydrogen-bond donors (Lipinski definition) is 1. The standard InChI is InChI=1S/C15H29F3N2/c1-3-10-19-14-9-7-5-6-8-13(14)11-20(4-2)12-15(16,17)18/h13-14,19H,3-12H2,1-2H3. The summed E-state index contributed by atoms with van der Waals surface area (Å²) in [6, 6.07) is 0.389. The maximum atomic E-state index is 12.6. The fraction of sp³-hybridized carbons (Fsp3) is 1.00. The van der Waals surface area contributed by atoms with E-state index < -0.39 is 12.7 Å². The molecule has 0 aromatic rings. The van der Waals surface area contributed by atoms with Crippen LogP contribution in [0.2, 0.25) is 0 Å². The molecule has 2 atom stereocenters. The zero-order chi connectivity index (χ0) is 15.0. The summed E-state index contributed by atoms with van der Waals surface area (Å²) >= 11 is 0. The highest BCUT2D eigenvalue weighted by molar-refractivity contribution is 4.82. The first kappa shape index (κ1) is 17.8. The molecule has 0 aromatic heterocycles. The van der Waals surface area contributed by atoms with Crippen molar-refractivity contribution >= 4 is 0 Å². The Labute approximate surface area is 121 Å². The van der Waals surface area contributed by atoms with Crippen LogP contribution in [0.3, 0.4) is 0 Å². The first-order valence-electron chi connectivity index (χ1n) is 7.98. The Balaban J connectivity index is 2.57. The van der Waals surface area contributed by atoms with Gasteiger partial charge in [0.2, 0.25) is 0 Å². The summed E-state index contributed by atoms with van der Waals surface area (Å²) in [6.07, 6.45) is 2.70. The van der Waals surface area contributed by atoms with Crippen LogP contribution in [-0.4, -0.2) is 43.3 Å². The second kappa shape index (κ2) is 8.88. The van der Waals surface area contributed by atoms with Gasteiger partial charge in [0.05, 0.1) is 6.54 Å². The Morgan fingerprint density at radius 2 is 1.80 bits per heavy atom. The van der Waals surface area contributed by atoms with Gasteiger partial charge in [-0.1, -0.05) is 33.1 Å². The number of hydrogen-bond acceptors (Lipinski definition) is 2. The van der Waals surface area contributed by atoms with Gasteiger partial charge in [-0.25, -0.2) is 0 Å². The summed E-state index contributed by atoms with van der Waals surface area (Å²) in [5.41, 5.74) is 0. The third kappa shape index (κ3) is 6.93. The van der Waals surface area contributed by atoms with Gasteiger partial charge in [-0.3, -0.25) is 4.90 Å². The molecule has 1 fully saturated rings. The lowest BCUT2D eigenvalue weighted by molar-refractivity contribution is -0.147. The minimum absolute atomic E-state index is 0.353. The normalized spacial score (nSPS) is 24.9. The lowest BCUT2D eigenvalue weighted by atomic mass is 9.94. The van der Waals surface area contributed by atoms with Gasteiger partial charge in [-0.05, 0) is 38.3 Å². The van der Waals surface area contributed by atoms with E-state index in [0.29, 0.717) is 25.0 Å². The molecule has 120 valence electrons. The maximum Gasteiger partial charge on any atom is 0.401 e. The van der Waals surface area contributed by atoms with Crippen molar-refractivity contribution in [3.8, 4) is 0 Å². The van der Waals surface area contributed by atoms with E-state index in [4.69, 9.17) is 0 Å². The molecule has 0 bridgehead atoms. The van der Waals surface area contributed by atoms with E-state index in [9.17, 15) is 13.2 Å². The molecule has 0 aromatic carbocycles. The molecule has 1 N–H and O–H groups in total. The molecule has 0 radical (unpaired) electrons. The molecule has 2 unspecified atom stereocenters. The molecule has 0 spiro atoms. The summed E-state index contributed by atoms with van der Waals surface area (Å²) in [7, 11) is 0. The van der Waals surface area contributed by atoms with E-state index in [2.05, 4.69) is 12.2 Å². The Morgan fingerprint density at radius 3 is 2.40 bits per heavy atom. The zero-order valence-corrected chi connectivity index (χ0v) is 12.8. The summed E-state index contributed by atoms with van der Waals surface area (Å²) in [5.74, 6) is 0.353. The van der Waals surface area contributed by atoms with E-state index in [1.165, 1.54) is 12.8 Å². The highest BCUT2D eigenvalue weighted by Crippen LogP contribution is 2.26. The molecule has 0 heterocycles. The van der Waals surface area contributed by atoms with Crippen molar-refractivity contribution < 1.29 is 13.2 Å². The number of rotatable bonds is 7. The molecule has 1 rings (SSSR count). The lowest BCUT2D eigenvalue weighted by Crippen LogP contribution is -2.44. The first-order chi connectivity index (χ1) is 9.46. The molecule has 2 nitrogen and oxygen atoms in total. The molecular weight excluding hydrogens is 265 g/mol. The molecule has 1 aliphatic carbocycles. The van der Waals surface area contributed by atoms with E-state index in [1.54, 1.807) is 4.90 Å². The van der Waals surface area contributed by atoms with Gasteiger partial charge >= 0.3 is 6.18 Å². The first-order valence-corrected chi connectivity index (χ1v) is 7.98. The van der Waals surface area contributed by atoms with E-state index in [0.717, 1.165) is 32.2 Å². The SMILES string of the molecule is CCCNC1CCCCCC1CN(CC)CC(F)(F)F. The monoisotopic (exact) mass is 294 g/mol. The molecule has 20 heavy (non-hydrogen) atoms. The fourth-order valence-electron chi connectivity index (χ4n) is 3.09. The van der Waals surface area contributed by atoms with Gasteiger partial charge in [-0.2, -0.15) is 13.2 Å². The molecule has 0 amide bonds. The van der Waals surface area contributed by atoms with Crippen molar-refractivity contribution in [3.05, 3.63) is 0 Å². The van der Waals surface area contributed by atoms with Crippen molar-refractivity contribution in [1.82, 2.24) is 10.2 Å². The third-order valence-corrected chi connectivity index (χ3v) is 4.16. The summed E-state index contributed by atoms with van der Waals surface area (Å²) in [6.45, 7) is 5.17. The topological polar surface area (TPSA) is 15.3 Å². The Morgan fingerprint density at radius 1 is 1.10 bits per heavy atom. The second-order valence-electron chi connectivity index (χ2n) is 5.90. The van der Waals surface area contributed by atoms with Gasteiger partial charge in [0, 0.05) is 12.6 Å². The minimum Gasteiger partial charge on any atom is -0.314 e. The van der Waals surface area contributed by atoms with Crippen LogP contribution in [0.15, 0.2) is 0 Å². The van der Waals surface area contributed by atoms with Crippen LogP contribution in [-0.2, 0) is 0 Å². The lowest BCUT2D eigenvalue weighted by Gasteiger charge is -2.32. The smallest absolute Gasteiger partial charge is 0.314 e. The third-order valence-electron chi connectivity index (χ3n) is 4.16. The molecule has 1 saturated carbocycles. The van der Waals surface area contributed by atoms with E-state index >= 15 is 0 Å². The number of nitrogens with one attached hydrogen (secondary N) is 1. The minimum atomic E-state index is -4.09. The second-order valence-corrected chi connectivity index (χ2v) is 5.90. The van der Waals surface area contributed by atoms with Crippen molar-refractivity contribution in [2.75, 3.05) is 26.2 Å². The highest BCUT2D eigenvalue weighted by Gasteiger charge is 2.32. The van der Waals surface area contributed by atoms with Gasteiger partial charge in [0.25, 0.3) is 0 Å². The number of halogens is 3. The summed E-state index contributed by atoms with van der Waals surface area (Å²) in [4.78, 5) is 1.55. The molecule has 0 aliphatic heterocycles. The predicted octanol–water partition coefficient (Wildman–Crippen LogP) is 3.82. The van der Waals surface area contributed by atoms with Crippen molar-refractivity contribution in [3.63, 3.8) is 0 Å². The molecular formula is C15H29F3N2. The van der Waals surface area contributed by atoms with Crippen molar-refractivity contribution in [2.24, 2.45) is 5.92 Å². The van der Waals surface area contributed by atoms with Gasteiger partial charge in [0.1, 0.15) is 0 Å². The van der Waals surface area contributed by atoms with E-state index in [-0.39, 0.29) is 0 Å². The van der Waals surface area contributed by atoms with Crippen LogP contribution in [0.1, 0.15) is 52.4 Å². The maximum absolute atomic E-state index is 12.6. The van der Waals surface area contributed by atoms with Crippen molar-refractivity contribution in [2.45, 2.75) is 64.6 Å². The number of alkyl halides is 3. The predicted molar refractivity (Wildman–Crippen MR) is 76.8 cm³/mol. The van der Waals surface area contributed by atoms with Crippen LogP contribution in [0.5, 0.6) is 0 Å². The fourth-order valence-corrected chi connectivity index (χ4v) is 3.09. The highest BCUT2D eigenvalue weighted by atomic mass is 19.4. The van der Waals surface area contributed by atoms with Crippen LogP contribution >= 0.6 is 0 Å². The van der Waals surface area contributed by atoms with Gasteiger partial charge in [0.15, 0.2) is 0 Å².